The maximum Gasteiger partial charge on any atom is 0.0491 e. The summed E-state index contributed by atoms with van der Waals surface area (Å²) < 4.78 is 0. The van der Waals surface area contributed by atoms with Crippen molar-refractivity contribution in [2.75, 3.05) is 9.80 Å². The average Bonchev–Trinajstić information content (AvgIpc) is 4.14. The summed E-state index contributed by atoms with van der Waals surface area (Å²) in [7, 11) is 0. The van der Waals surface area contributed by atoms with Crippen LogP contribution in [0.2, 0.25) is 0 Å². The predicted molar refractivity (Wildman–Crippen MR) is 291 cm³/mol. The highest BCUT2D eigenvalue weighted by atomic mass is 15.1. The molecule has 4 aliphatic carbocycles. The van der Waals surface area contributed by atoms with Gasteiger partial charge in [-0.2, -0.15) is 0 Å². The maximum absolute atomic E-state index is 2.51. The molecule has 0 bridgehead atoms. The van der Waals surface area contributed by atoms with Gasteiger partial charge in [-0.15, -0.1) is 0 Å². The molecule has 2 spiro atoms. The van der Waals surface area contributed by atoms with Crippen LogP contribution in [0.15, 0.2) is 231 Å². The van der Waals surface area contributed by atoms with Crippen LogP contribution in [-0.2, 0) is 36.5 Å². The molecule has 0 aromatic heterocycles. The van der Waals surface area contributed by atoms with Gasteiger partial charge in [-0.1, -0.05) is 158 Å². The van der Waals surface area contributed by atoms with Crippen molar-refractivity contribution < 1.29 is 0 Å². The summed E-state index contributed by atoms with van der Waals surface area (Å²) in [5.74, 6) is 0. The second-order valence-corrected chi connectivity index (χ2v) is 20.3. The fourth-order valence-corrected chi connectivity index (χ4v) is 13.3. The Hall–Kier alpha value is -8.20. The molecule has 0 saturated heterocycles. The van der Waals surface area contributed by atoms with Crippen LogP contribution in [0, 0.1) is 13.8 Å². The van der Waals surface area contributed by atoms with E-state index in [1.54, 1.807) is 0 Å². The minimum atomic E-state index is -0.0792. The molecule has 0 atom stereocenters. The quantitative estimate of drug-likeness (QED) is 0.157. The van der Waals surface area contributed by atoms with Crippen molar-refractivity contribution in [2.45, 2.75) is 50.4 Å². The summed E-state index contributed by atoms with van der Waals surface area (Å²) in [5.41, 5.74) is 28.9. The normalized spacial score (nSPS) is 14.7. The van der Waals surface area contributed by atoms with E-state index in [0.29, 0.717) is 0 Å². The Kier molecular flexibility index (Phi) is 9.14. The molecule has 0 heterocycles. The number of nitrogens with zero attached hydrogens (tertiary/aromatic N) is 2. The van der Waals surface area contributed by atoms with Gasteiger partial charge in [-0.25, -0.2) is 0 Å². The van der Waals surface area contributed by atoms with Crippen molar-refractivity contribution in [2.24, 2.45) is 0 Å². The lowest BCUT2D eigenvalue weighted by molar-refractivity contribution is 0.563. The molecule has 0 saturated carbocycles. The second kappa shape index (κ2) is 15.7. The topological polar surface area (TPSA) is 6.48 Å². The molecular weight excluding hydrogens is 845 g/mol. The van der Waals surface area contributed by atoms with Crippen LogP contribution < -0.4 is 9.80 Å². The van der Waals surface area contributed by atoms with E-state index in [-0.39, 0.29) is 10.8 Å². The van der Waals surface area contributed by atoms with E-state index >= 15 is 0 Å². The predicted octanol–water partition coefficient (Wildman–Crippen LogP) is 17.0. The molecule has 0 N–H and O–H groups in total. The number of fused-ring (bicyclic) bond motifs is 12. The number of hydrogen-bond acceptors (Lipinski definition) is 2. The average molecular weight is 897 g/mol. The summed E-state index contributed by atoms with van der Waals surface area (Å²) in [6, 6.07) is 86.7. The van der Waals surface area contributed by atoms with Crippen molar-refractivity contribution in [3.05, 3.63) is 286 Å². The third-order valence-corrected chi connectivity index (χ3v) is 16.5. The summed E-state index contributed by atoms with van der Waals surface area (Å²) >= 11 is 0. The molecule has 0 amide bonds. The van der Waals surface area contributed by atoms with Crippen molar-refractivity contribution in [1.29, 1.82) is 0 Å². The molecule has 4 aliphatic rings. The van der Waals surface area contributed by atoms with Crippen LogP contribution in [0.5, 0.6) is 0 Å². The molecule has 70 heavy (non-hydrogen) atoms. The van der Waals surface area contributed by atoms with Gasteiger partial charge in [0.25, 0.3) is 0 Å². The van der Waals surface area contributed by atoms with Crippen LogP contribution in [0.4, 0.5) is 34.1 Å². The highest BCUT2D eigenvalue weighted by Crippen LogP contribution is 2.58. The highest BCUT2D eigenvalue weighted by molar-refractivity contribution is 5.90. The van der Waals surface area contributed by atoms with E-state index in [9.17, 15) is 0 Å². The van der Waals surface area contributed by atoms with Crippen molar-refractivity contribution in [3.8, 4) is 33.4 Å². The third-order valence-electron chi connectivity index (χ3n) is 16.5. The Bertz CT molecular complexity index is 3420. The monoisotopic (exact) mass is 896 g/mol. The van der Waals surface area contributed by atoms with Gasteiger partial charge >= 0.3 is 0 Å². The van der Waals surface area contributed by atoms with Gasteiger partial charge in [0, 0.05) is 45.0 Å². The molecule has 10 aromatic rings. The van der Waals surface area contributed by atoms with Gasteiger partial charge in [-0.05, 0) is 201 Å². The van der Waals surface area contributed by atoms with E-state index in [0.717, 1.165) is 37.1 Å². The summed E-state index contributed by atoms with van der Waals surface area (Å²) in [6.07, 6.45) is 4.09. The SMILES string of the molecule is Cc1cc(-c2ccc(N(c3ccccc3)c3ccc4c(c3)C3(Cc5ccccc5C3)c3ccccc3-4)c(C)c2)ccc1N(c1ccccc1)c1ccc2c(c1)C1(Cc3ccccc3C1)c1ccccc1-2. The summed E-state index contributed by atoms with van der Waals surface area (Å²) in [4.78, 5) is 4.93. The minimum Gasteiger partial charge on any atom is -0.310 e. The Morgan fingerprint density at radius 2 is 0.629 bits per heavy atom. The molecule has 0 fully saturated rings. The first-order valence-corrected chi connectivity index (χ1v) is 25.0. The zero-order valence-electron chi connectivity index (χ0n) is 39.7. The van der Waals surface area contributed by atoms with Crippen molar-refractivity contribution in [3.63, 3.8) is 0 Å². The Labute approximate surface area is 411 Å². The highest BCUT2D eigenvalue weighted by Gasteiger charge is 2.48. The number of aryl methyl sites for hydroxylation is 2. The maximum atomic E-state index is 2.51. The largest absolute Gasteiger partial charge is 0.310 e. The number of para-hydroxylation sites is 2. The number of benzene rings is 10. The molecule has 334 valence electrons. The molecule has 0 radical (unpaired) electrons. The van der Waals surface area contributed by atoms with Crippen LogP contribution in [-0.4, -0.2) is 0 Å². The van der Waals surface area contributed by atoms with Gasteiger partial charge in [0.2, 0.25) is 0 Å². The molecular formula is C68H52N2. The Morgan fingerprint density at radius 3 is 1.01 bits per heavy atom. The number of rotatable bonds is 7. The van der Waals surface area contributed by atoms with Crippen LogP contribution in [0.1, 0.15) is 55.6 Å². The van der Waals surface area contributed by atoms with E-state index in [4.69, 9.17) is 0 Å². The lowest BCUT2D eigenvalue weighted by Gasteiger charge is -2.31. The lowest BCUT2D eigenvalue weighted by atomic mass is 9.75. The van der Waals surface area contributed by atoms with Gasteiger partial charge < -0.3 is 9.80 Å². The molecule has 2 heteroatoms. The second-order valence-electron chi connectivity index (χ2n) is 20.3. The molecule has 14 rings (SSSR count). The fourth-order valence-electron chi connectivity index (χ4n) is 13.3. The Balaban J connectivity index is 0.832. The van der Waals surface area contributed by atoms with Crippen molar-refractivity contribution in [1.82, 2.24) is 0 Å². The van der Waals surface area contributed by atoms with Gasteiger partial charge in [0.05, 0.1) is 0 Å². The summed E-state index contributed by atoms with van der Waals surface area (Å²) in [6.45, 7) is 4.54. The zero-order chi connectivity index (χ0) is 46.6. The van der Waals surface area contributed by atoms with Crippen LogP contribution in [0.25, 0.3) is 33.4 Å². The lowest BCUT2D eigenvalue weighted by Crippen LogP contribution is -2.26. The molecule has 0 unspecified atom stereocenters. The van der Waals surface area contributed by atoms with Gasteiger partial charge in [0.15, 0.2) is 0 Å². The zero-order valence-corrected chi connectivity index (χ0v) is 39.7. The molecule has 10 aromatic carbocycles. The van der Waals surface area contributed by atoms with Crippen LogP contribution >= 0.6 is 0 Å². The first-order valence-electron chi connectivity index (χ1n) is 25.0. The summed E-state index contributed by atoms with van der Waals surface area (Å²) in [5, 5.41) is 0. The van der Waals surface area contributed by atoms with Crippen LogP contribution in [0.3, 0.4) is 0 Å². The number of anilines is 6. The fraction of sp³-hybridized carbons (Fsp3) is 0.118. The molecule has 2 nitrogen and oxygen atoms in total. The number of hydrogen-bond donors (Lipinski definition) is 0. The van der Waals surface area contributed by atoms with Gasteiger partial charge in [0.1, 0.15) is 0 Å². The smallest absolute Gasteiger partial charge is 0.0491 e. The third kappa shape index (κ3) is 6.12. The first kappa shape index (κ1) is 40.8. The van der Waals surface area contributed by atoms with E-state index in [2.05, 4.69) is 254 Å². The first-order chi connectivity index (χ1) is 34.5. The van der Waals surface area contributed by atoms with E-state index in [1.807, 2.05) is 0 Å². The van der Waals surface area contributed by atoms with E-state index in [1.165, 1.54) is 112 Å². The van der Waals surface area contributed by atoms with Crippen molar-refractivity contribution >= 4 is 34.1 Å². The van der Waals surface area contributed by atoms with E-state index < -0.39 is 0 Å². The van der Waals surface area contributed by atoms with Gasteiger partial charge in [-0.3, -0.25) is 0 Å². The standard InChI is InChI=1S/C68H52N2/c1-45-37-47(29-35-65(45)69(53-21-5-3-6-22-53)55-31-33-59-57-25-13-15-27-61(57)67(63(59)39-55)41-49-17-9-10-18-50(49)42-67)48-30-36-66(46(2)38-48)70(54-23-7-4-8-24-54)56-32-34-60-58-26-14-16-28-62(58)68(64(60)40-56)43-51-19-11-12-20-52(51)44-68/h3-40H,41-44H2,1-2H3. The minimum absolute atomic E-state index is 0.0792. The molecule has 0 aliphatic heterocycles. The Morgan fingerprint density at radius 1 is 0.286 bits per heavy atom.